The number of halogens is 4. The quantitative estimate of drug-likeness (QED) is 0.662. The monoisotopic (exact) mass is 277 g/mol. The van der Waals surface area contributed by atoms with Crippen LogP contribution in [0, 0.1) is 11.7 Å². The van der Waals surface area contributed by atoms with Crippen LogP contribution < -0.4 is 5.73 Å². The minimum Gasteiger partial charge on any atom is -0.330 e. The second-order valence-electron chi connectivity index (χ2n) is 4.33. The van der Waals surface area contributed by atoms with Gasteiger partial charge in [0.05, 0.1) is 5.56 Å². The lowest BCUT2D eigenvalue weighted by molar-refractivity contribution is -0.140. The van der Waals surface area contributed by atoms with Gasteiger partial charge < -0.3 is 5.73 Å². The topological polar surface area (TPSA) is 43.1 Å². The molecule has 1 aromatic carbocycles. The van der Waals surface area contributed by atoms with E-state index in [1.165, 1.54) is 0 Å². The molecule has 6 heteroatoms. The standard InChI is InChI=1S/C13H15F4NO/c1-2-8(7-18)5-12(19)9-3-4-10(11(14)6-9)13(15,16)17/h3-4,6,8H,2,5,7,18H2,1H3. The molecular weight excluding hydrogens is 262 g/mol. The maximum Gasteiger partial charge on any atom is 0.419 e. The highest BCUT2D eigenvalue weighted by Crippen LogP contribution is 2.31. The van der Waals surface area contributed by atoms with Crippen LogP contribution >= 0.6 is 0 Å². The molecule has 1 rings (SSSR count). The van der Waals surface area contributed by atoms with Crippen LogP contribution in [0.5, 0.6) is 0 Å². The van der Waals surface area contributed by atoms with Gasteiger partial charge in [-0.25, -0.2) is 4.39 Å². The smallest absolute Gasteiger partial charge is 0.330 e. The summed E-state index contributed by atoms with van der Waals surface area (Å²) in [7, 11) is 0. The van der Waals surface area contributed by atoms with Crippen molar-refractivity contribution in [3.05, 3.63) is 35.1 Å². The number of alkyl halides is 3. The molecule has 1 unspecified atom stereocenters. The van der Waals surface area contributed by atoms with Crippen LogP contribution in [-0.2, 0) is 6.18 Å². The molecule has 0 spiro atoms. The molecule has 0 aliphatic heterocycles. The fourth-order valence-electron chi connectivity index (χ4n) is 1.69. The molecule has 0 saturated carbocycles. The van der Waals surface area contributed by atoms with Crippen LogP contribution in [0.1, 0.15) is 35.7 Å². The van der Waals surface area contributed by atoms with Crippen molar-refractivity contribution in [2.24, 2.45) is 11.7 Å². The van der Waals surface area contributed by atoms with Crippen molar-refractivity contribution in [3.8, 4) is 0 Å². The number of hydrogen-bond acceptors (Lipinski definition) is 2. The van der Waals surface area contributed by atoms with Crippen LogP contribution in [0.4, 0.5) is 17.6 Å². The molecule has 0 heterocycles. The lowest BCUT2D eigenvalue weighted by atomic mass is 9.95. The summed E-state index contributed by atoms with van der Waals surface area (Å²) in [5, 5.41) is 0. The first kappa shape index (κ1) is 15.6. The second-order valence-corrected chi connectivity index (χ2v) is 4.33. The first-order chi connectivity index (χ1) is 8.79. The molecule has 0 aliphatic rings. The van der Waals surface area contributed by atoms with E-state index in [1.54, 1.807) is 0 Å². The molecule has 0 fully saturated rings. The van der Waals surface area contributed by atoms with Crippen LogP contribution in [-0.4, -0.2) is 12.3 Å². The molecule has 0 amide bonds. The van der Waals surface area contributed by atoms with E-state index in [4.69, 9.17) is 5.73 Å². The number of Topliss-reactive ketones (excluding diaryl/α,β-unsaturated/α-hetero) is 1. The third-order valence-corrected chi connectivity index (χ3v) is 2.98. The fraction of sp³-hybridized carbons (Fsp3) is 0.462. The summed E-state index contributed by atoms with van der Waals surface area (Å²) in [6.45, 7) is 2.17. The van der Waals surface area contributed by atoms with Gasteiger partial charge in [-0.1, -0.05) is 19.4 Å². The van der Waals surface area contributed by atoms with Gasteiger partial charge in [0.15, 0.2) is 5.78 Å². The van der Waals surface area contributed by atoms with E-state index in [9.17, 15) is 22.4 Å². The fourth-order valence-corrected chi connectivity index (χ4v) is 1.69. The highest BCUT2D eigenvalue weighted by molar-refractivity contribution is 5.96. The molecule has 19 heavy (non-hydrogen) atoms. The van der Waals surface area contributed by atoms with Crippen LogP contribution in [0.2, 0.25) is 0 Å². The zero-order valence-corrected chi connectivity index (χ0v) is 10.4. The van der Waals surface area contributed by atoms with Crippen LogP contribution in [0.25, 0.3) is 0 Å². The Balaban J connectivity index is 2.92. The maximum atomic E-state index is 13.3. The van der Waals surface area contributed by atoms with Crippen molar-refractivity contribution in [1.29, 1.82) is 0 Å². The third kappa shape index (κ3) is 4.02. The van der Waals surface area contributed by atoms with E-state index < -0.39 is 23.3 Å². The van der Waals surface area contributed by atoms with Crippen molar-refractivity contribution >= 4 is 5.78 Å². The number of hydrogen-bond donors (Lipinski definition) is 1. The molecule has 106 valence electrons. The van der Waals surface area contributed by atoms with E-state index >= 15 is 0 Å². The van der Waals surface area contributed by atoms with E-state index in [0.717, 1.165) is 6.07 Å². The number of carbonyl (C=O) groups is 1. The van der Waals surface area contributed by atoms with Gasteiger partial charge in [0.1, 0.15) is 5.82 Å². The number of nitrogens with two attached hydrogens (primary N) is 1. The Morgan fingerprint density at radius 1 is 1.37 bits per heavy atom. The van der Waals surface area contributed by atoms with Gasteiger partial charge >= 0.3 is 6.18 Å². The minimum absolute atomic E-state index is 0.0437. The number of ketones is 1. The molecule has 0 bridgehead atoms. The summed E-state index contributed by atoms with van der Waals surface area (Å²) >= 11 is 0. The summed E-state index contributed by atoms with van der Waals surface area (Å²) < 4.78 is 50.4. The van der Waals surface area contributed by atoms with Crippen LogP contribution in [0.15, 0.2) is 18.2 Å². The number of benzene rings is 1. The zero-order chi connectivity index (χ0) is 14.6. The summed E-state index contributed by atoms with van der Waals surface area (Å²) in [5.74, 6) is -1.87. The van der Waals surface area contributed by atoms with E-state index in [-0.39, 0.29) is 17.9 Å². The maximum absolute atomic E-state index is 13.3. The van der Waals surface area contributed by atoms with E-state index in [1.807, 2.05) is 6.92 Å². The molecule has 0 saturated heterocycles. The zero-order valence-electron chi connectivity index (χ0n) is 10.4. The largest absolute Gasteiger partial charge is 0.419 e. The molecule has 0 radical (unpaired) electrons. The summed E-state index contributed by atoms with van der Waals surface area (Å²) in [4.78, 5) is 11.8. The van der Waals surface area contributed by atoms with Crippen molar-refractivity contribution in [2.45, 2.75) is 25.9 Å². The van der Waals surface area contributed by atoms with Gasteiger partial charge in [-0.15, -0.1) is 0 Å². The lowest BCUT2D eigenvalue weighted by Crippen LogP contribution is -2.18. The van der Waals surface area contributed by atoms with Crippen molar-refractivity contribution < 1.29 is 22.4 Å². The highest BCUT2D eigenvalue weighted by atomic mass is 19.4. The van der Waals surface area contributed by atoms with Gasteiger partial charge in [-0.3, -0.25) is 4.79 Å². The average Bonchev–Trinajstić information content (AvgIpc) is 2.33. The molecule has 2 N–H and O–H groups in total. The van der Waals surface area contributed by atoms with Gasteiger partial charge in [-0.05, 0) is 24.6 Å². The Bertz CT molecular complexity index is 452. The number of carbonyl (C=O) groups excluding carboxylic acids is 1. The normalized spacial score (nSPS) is 13.4. The Hall–Kier alpha value is -1.43. The first-order valence-electron chi connectivity index (χ1n) is 5.89. The van der Waals surface area contributed by atoms with Gasteiger partial charge in [0.2, 0.25) is 0 Å². The van der Waals surface area contributed by atoms with Gasteiger partial charge in [0, 0.05) is 12.0 Å². The molecular formula is C13H15F4NO. The molecule has 0 aromatic heterocycles. The molecule has 1 aromatic rings. The second kappa shape index (κ2) is 6.14. The minimum atomic E-state index is -4.76. The molecule has 2 nitrogen and oxygen atoms in total. The molecule has 1 atom stereocenters. The Labute approximate surface area is 108 Å². The van der Waals surface area contributed by atoms with E-state index in [0.29, 0.717) is 25.1 Å². The van der Waals surface area contributed by atoms with Gasteiger partial charge in [-0.2, -0.15) is 13.2 Å². The predicted octanol–water partition coefficient (Wildman–Crippen LogP) is 3.40. The first-order valence-corrected chi connectivity index (χ1v) is 5.89. The summed E-state index contributed by atoms with van der Waals surface area (Å²) in [6.07, 6.45) is -3.96. The SMILES string of the molecule is CCC(CN)CC(=O)c1ccc(C(F)(F)F)c(F)c1. The summed E-state index contributed by atoms with van der Waals surface area (Å²) in [6, 6.07) is 2.22. The van der Waals surface area contributed by atoms with Gasteiger partial charge in [0.25, 0.3) is 0 Å². The van der Waals surface area contributed by atoms with Crippen LogP contribution in [0.3, 0.4) is 0 Å². The Kier molecular flexibility index (Phi) is 5.05. The van der Waals surface area contributed by atoms with Crippen molar-refractivity contribution in [3.63, 3.8) is 0 Å². The lowest BCUT2D eigenvalue weighted by Gasteiger charge is -2.12. The summed E-state index contributed by atoms with van der Waals surface area (Å²) in [5.41, 5.74) is 4.02. The van der Waals surface area contributed by atoms with Crippen molar-refractivity contribution in [1.82, 2.24) is 0 Å². The molecule has 0 aliphatic carbocycles. The van der Waals surface area contributed by atoms with Crippen molar-refractivity contribution in [2.75, 3.05) is 6.54 Å². The van der Waals surface area contributed by atoms with E-state index in [2.05, 4.69) is 0 Å². The average molecular weight is 277 g/mol. The third-order valence-electron chi connectivity index (χ3n) is 2.98. The number of rotatable bonds is 5. The Morgan fingerprint density at radius 2 is 2.00 bits per heavy atom. The highest BCUT2D eigenvalue weighted by Gasteiger charge is 2.34. The Morgan fingerprint density at radius 3 is 2.42 bits per heavy atom. The predicted molar refractivity (Wildman–Crippen MR) is 63.2 cm³/mol.